The monoisotopic (exact) mass is 360 g/mol. The summed E-state index contributed by atoms with van der Waals surface area (Å²) in [6, 6.07) is 6.33. The smallest absolute Gasteiger partial charge is 0.273 e. The van der Waals surface area contributed by atoms with Gasteiger partial charge in [0.1, 0.15) is 6.61 Å². The topological polar surface area (TPSA) is 41.9 Å². The molecule has 0 unspecified atom stereocenters. The van der Waals surface area contributed by atoms with Crippen LogP contribution in [-0.4, -0.2) is 26.5 Å². The lowest BCUT2D eigenvalue weighted by Crippen LogP contribution is -2.57. The highest BCUT2D eigenvalue weighted by Crippen LogP contribution is 2.45. The summed E-state index contributed by atoms with van der Waals surface area (Å²) in [6.07, 6.45) is 0. The fraction of sp³-hybridized carbons (Fsp3) is 0.600. The number of rotatable bonds is 3. The average molecular weight is 361 g/mol. The summed E-state index contributed by atoms with van der Waals surface area (Å²) in [5.74, 6) is -0.0268. The number of hydrogen-bond acceptors (Lipinski definition) is 3. The molecule has 1 aliphatic heterocycles. The van der Waals surface area contributed by atoms with Crippen molar-refractivity contribution in [3.63, 3.8) is 0 Å². The van der Waals surface area contributed by atoms with E-state index >= 15 is 0 Å². The number of anilines is 1. The third-order valence-corrected chi connectivity index (χ3v) is 10.7. The summed E-state index contributed by atoms with van der Waals surface area (Å²) in [7, 11) is -2.08. The molecule has 0 saturated carbocycles. The first-order chi connectivity index (χ1) is 11.3. The minimum absolute atomic E-state index is 0.0131. The van der Waals surface area contributed by atoms with Crippen LogP contribution in [0.5, 0.6) is 0 Å². The number of carbonyl (C=O) groups is 1. The molecule has 1 heterocycles. The van der Waals surface area contributed by atoms with Gasteiger partial charge in [0.05, 0.1) is 0 Å². The quantitative estimate of drug-likeness (QED) is 0.557. The molecule has 0 radical (unpaired) electrons. The molecule has 0 spiro atoms. The van der Waals surface area contributed by atoms with E-state index in [4.69, 9.17) is 4.84 Å². The molecule has 1 amide bonds. The van der Waals surface area contributed by atoms with Gasteiger partial charge in [0, 0.05) is 11.3 Å². The fourth-order valence-electron chi connectivity index (χ4n) is 2.83. The van der Waals surface area contributed by atoms with Gasteiger partial charge in [-0.1, -0.05) is 65.9 Å². The maximum absolute atomic E-state index is 13.3. The van der Waals surface area contributed by atoms with Crippen LogP contribution in [0.3, 0.4) is 0 Å². The van der Waals surface area contributed by atoms with Gasteiger partial charge in [-0.3, -0.25) is 4.79 Å². The summed E-state index contributed by atoms with van der Waals surface area (Å²) in [6.45, 7) is 20.0. The summed E-state index contributed by atoms with van der Waals surface area (Å²) < 4.78 is 2.02. The first-order valence-corrected chi connectivity index (χ1v) is 12.0. The SMILES string of the molecule is CCO/N=C1\C(=O)N([Si](C)(C)C(C)(C)C)c2ccc(C(C)(C)C)cc21. The molecule has 5 heteroatoms. The van der Waals surface area contributed by atoms with Gasteiger partial charge in [-0.15, -0.1) is 0 Å². The third-order valence-electron chi connectivity index (χ3n) is 5.44. The van der Waals surface area contributed by atoms with Crippen LogP contribution in [0.1, 0.15) is 59.6 Å². The largest absolute Gasteiger partial charge is 0.395 e. The second-order valence-electron chi connectivity index (χ2n) is 9.29. The molecule has 4 nitrogen and oxygen atoms in total. The average Bonchev–Trinajstić information content (AvgIpc) is 2.74. The molecule has 0 aromatic heterocycles. The van der Waals surface area contributed by atoms with E-state index in [0.717, 1.165) is 11.3 Å². The third kappa shape index (κ3) is 3.39. The van der Waals surface area contributed by atoms with E-state index in [1.165, 1.54) is 5.56 Å². The van der Waals surface area contributed by atoms with Crippen molar-refractivity contribution in [1.82, 2.24) is 0 Å². The van der Waals surface area contributed by atoms with E-state index in [-0.39, 0.29) is 16.4 Å². The number of benzene rings is 1. The van der Waals surface area contributed by atoms with Crippen molar-refractivity contribution in [3.8, 4) is 0 Å². The molecule has 1 aromatic rings. The maximum Gasteiger partial charge on any atom is 0.273 e. The Morgan fingerprint density at radius 1 is 1.12 bits per heavy atom. The van der Waals surface area contributed by atoms with Crippen LogP contribution in [0, 0.1) is 0 Å². The second-order valence-corrected chi connectivity index (χ2v) is 14.4. The molecular formula is C20H32N2O2Si. The summed E-state index contributed by atoms with van der Waals surface area (Å²) >= 11 is 0. The van der Waals surface area contributed by atoms with Crippen molar-refractivity contribution in [2.45, 2.75) is 72.0 Å². The van der Waals surface area contributed by atoms with Crippen LogP contribution in [0.25, 0.3) is 0 Å². The van der Waals surface area contributed by atoms with E-state index in [9.17, 15) is 4.79 Å². The lowest BCUT2D eigenvalue weighted by atomic mass is 9.86. The molecule has 2 rings (SSSR count). The van der Waals surface area contributed by atoms with Gasteiger partial charge >= 0.3 is 0 Å². The van der Waals surface area contributed by atoms with E-state index in [0.29, 0.717) is 12.3 Å². The van der Waals surface area contributed by atoms with Gasteiger partial charge in [0.2, 0.25) is 0 Å². The van der Waals surface area contributed by atoms with Crippen LogP contribution in [0.4, 0.5) is 5.69 Å². The van der Waals surface area contributed by atoms with Crippen LogP contribution in [-0.2, 0) is 15.0 Å². The Bertz CT molecular complexity index is 709. The Balaban J connectivity index is 2.69. The molecular weight excluding hydrogens is 328 g/mol. The number of hydrogen-bond donors (Lipinski definition) is 0. The molecule has 0 saturated heterocycles. The van der Waals surface area contributed by atoms with E-state index in [2.05, 4.69) is 78.0 Å². The highest BCUT2D eigenvalue weighted by molar-refractivity contribution is 6.90. The van der Waals surface area contributed by atoms with Gasteiger partial charge in [-0.05, 0) is 35.1 Å². The zero-order valence-electron chi connectivity index (χ0n) is 17.2. The van der Waals surface area contributed by atoms with Crippen molar-refractivity contribution in [2.24, 2.45) is 5.16 Å². The zero-order chi connectivity index (χ0) is 19.2. The molecule has 0 fully saturated rings. The lowest BCUT2D eigenvalue weighted by Gasteiger charge is -2.43. The summed E-state index contributed by atoms with van der Waals surface area (Å²) in [5.41, 5.74) is 3.52. The predicted molar refractivity (Wildman–Crippen MR) is 108 cm³/mol. The Kier molecular flexibility index (Phi) is 4.94. The van der Waals surface area contributed by atoms with Crippen molar-refractivity contribution in [3.05, 3.63) is 29.3 Å². The molecule has 1 aliphatic rings. The minimum Gasteiger partial charge on any atom is -0.395 e. The molecule has 0 bridgehead atoms. The van der Waals surface area contributed by atoms with Crippen LogP contribution in [0.2, 0.25) is 18.1 Å². The van der Waals surface area contributed by atoms with E-state index < -0.39 is 8.24 Å². The number of fused-ring (bicyclic) bond motifs is 1. The maximum atomic E-state index is 13.3. The number of nitrogens with zero attached hydrogens (tertiary/aromatic N) is 2. The highest BCUT2D eigenvalue weighted by Gasteiger charge is 2.50. The molecule has 138 valence electrons. The molecule has 0 N–H and O–H groups in total. The van der Waals surface area contributed by atoms with E-state index in [1.54, 1.807) is 0 Å². The minimum atomic E-state index is -2.08. The Morgan fingerprint density at radius 2 is 1.72 bits per heavy atom. The lowest BCUT2D eigenvalue weighted by molar-refractivity contribution is -0.111. The van der Waals surface area contributed by atoms with Crippen LogP contribution >= 0.6 is 0 Å². The molecule has 0 aliphatic carbocycles. The Labute approximate surface area is 153 Å². The standard InChI is InChI=1S/C20H32N2O2Si/c1-10-24-21-17-15-13-14(19(2,3)4)11-12-16(15)22(18(17)23)25(8,9)20(5,6)7/h11-13H,10H2,1-9H3/b21-17-. The Hall–Kier alpha value is -1.62. The predicted octanol–water partition coefficient (Wildman–Crippen LogP) is 5.08. The molecule has 1 aromatic carbocycles. The first kappa shape index (κ1) is 19.7. The summed E-state index contributed by atoms with van der Waals surface area (Å²) in [4.78, 5) is 18.5. The van der Waals surface area contributed by atoms with Crippen molar-refractivity contribution < 1.29 is 9.63 Å². The van der Waals surface area contributed by atoms with Gasteiger partial charge in [-0.25, -0.2) is 0 Å². The van der Waals surface area contributed by atoms with Gasteiger partial charge in [0.15, 0.2) is 13.9 Å². The first-order valence-electron chi connectivity index (χ1n) is 9.01. The van der Waals surface area contributed by atoms with Crippen LogP contribution in [0.15, 0.2) is 23.4 Å². The van der Waals surface area contributed by atoms with Crippen LogP contribution < -0.4 is 4.57 Å². The normalized spacial score (nSPS) is 17.2. The highest BCUT2D eigenvalue weighted by atomic mass is 28.3. The van der Waals surface area contributed by atoms with Gasteiger partial charge < -0.3 is 9.40 Å². The molecule has 0 atom stereocenters. The van der Waals surface area contributed by atoms with Crippen molar-refractivity contribution >= 4 is 25.5 Å². The van der Waals surface area contributed by atoms with Gasteiger partial charge in [-0.2, -0.15) is 0 Å². The van der Waals surface area contributed by atoms with Crippen molar-refractivity contribution in [1.29, 1.82) is 0 Å². The second kappa shape index (κ2) is 6.27. The zero-order valence-corrected chi connectivity index (χ0v) is 18.2. The number of amides is 1. The van der Waals surface area contributed by atoms with E-state index in [1.807, 2.05) is 11.5 Å². The number of carbonyl (C=O) groups excluding carboxylic acids is 1. The number of oxime groups is 1. The molecule has 25 heavy (non-hydrogen) atoms. The van der Waals surface area contributed by atoms with Crippen molar-refractivity contribution in [2.75, 3.05) is 11.2 Å². The Morgan fingerprint density at radius 3 is 2.20 bits per heavy atom. The fourth-order valence-corrected chi connectivity index (χ4v) is 4.91. The summed E-state index contributed by atoms with van der Waals surface area (Å²) in [5, 5.41) is 4.23. The van der Waals surface area contributed by atoms with Gasteiger partial charge in [0.25, 0.3) is 5.91 Å².